The molecule has 0 bridgehead atoms. The van der Waals surface area contributed by atoms with Crippen LogP contribution < -0.4 is 0 Å². The molecule has 0 aromatic heterocycles. The third-order valence-electron chi connectivity index (χ3n) is 10.2. The molecule has 0 aliphatic heterocycles. The van der Waals surface area contributed by atoms with Crippen molar-refractivity contribution in [2.45, 2.75) is 203 Å². The molecule has 35 heavy (non-hydrogen) atoms. The maximum absolute atomic E-state index is 7.78. The highest BCUT2D eigenvalue weighted by molar-refractivity contribution is 6.70. The smallest absolute Gasteiger partial charge is 0.345 e. The Morgan fingerprint density at radius 1 is 0.286 bits per heavy atom. The van der Waals surface area contributed by atoms with E-state index in [-0.39, 0.29) is 0 Å². The lowest BCUT2D eigenvalue weighted by Crippen LogP contribution is -2.55. The summed E-state index contributed by atoms with van der Waals surface area (Å²) in [7, 11) is -2.36. The van der Waals surface area contributed by atoms with Gasteiger partial charge in [0.15, 0.2) is 0 Å². The second-order valence-corrected chi connectivity index (χ2v) is 16.5. The van der Waals surface area contributed by atoms with E-state index in [1.807, 2.05) is 0 Å². The van der Waals surface area contributed by atoms with Crippen LogP contribution in [0.25, 0.3) is 0 Å². The summed E-state index contributed by atoms with van der Waals surface area (Å²) in [6.07, 6.45) is 40.3. The Hall–Kier alpha value is 0.137. The third-order valence-corrected chi connectivity index (χ3v) is 15.0. The summed E-state index contributed by atoms with van der Waals surface area (Å²) in [6, 6.07) is 0. The highest BCUT2D eigenvalue weighted by Crippen LogP contribution is 2.50. The molecule has 0 aromatic rings. The lowest BCUT2D eigenvalue weighted by molar-refractivity contribution is 0.0375. The second kappa shape index (κ2) is 16.2. The Morgan fingerprint density at radius 3 is 0.800 bits per heavy atom. The van der Waals surface area contributed by atoms with E-state index in [0.29, 0.717) is 12.2 Å². The fraction of sp³-hybridized carbons (Fsp3) is 1.00. The summed E-state index contributed by atoms with van der Waals surface area (Å²) in [5.41, 5.74) is 1.51. The number of hydrogen-bond donors (Lipinski definition) is 0. The molecule has 0 heterocycles. The Bertz CT molecular complexity index is 472. The van der Waals surface area contributed by atoms with Gasteiger partial charge in [-0.1, -0.05) is 128 Å². The molecule has 4 saturated carbocycles. The molecular weight excluding hydrogens is 444 g/mol. The summed E-state index contributed by atoms with van der Waals surface area (Å²) < 4.78 is 15.6. The standard InChI is InChI=1S/C32H60O2Si/c1-5-13-21-29(22-14-6-1)33-35(31-25-17-9-3-10-18-26-31,32-27-19-11-4-12-20-28-32)34-30-23-15-7-2-8-16-24-30/h29-32H,1-28H2. The molecule has 0 saturated heterocycles. The van der Waals surface area contributed by atoms with Crippen LogP contribution in [0.1, 0.15) is 180 Å². The minimum absolute atomic E-state index is 0.492. The lowest BCUT2D eigenvalue weighted by Gasteiger charge is -2.48. The van der Waals surface area contributed by atoms with E-state index < -0.39 is 8.56 Å². The fourth-order valence-corrected chi connectivity index (χ4v) is 13.5. The monoisotopic (exact) mass is 504 g/mol. The Kier molecular flexibility index (Phi) is 13.0. The highest BCUT2D eigenvalue weighted by Gasteiger charge is 2.54. The molecule has 3 heteroatoms. The van der Waals surface area contributed by atoms with E-state index in [0.717, 1.165) is 11.1 Å². The molecular formula is C32H60O2Si. The van der Waals surface area contributed by atoms with Gasteiger partial charge in [0.2, 0.25) is 0 Å². The van der Waals surface area contributed by atoms with Crippen molar-refractivity contribution in [3.8, 4) is 0 Å². The zero-order valence-corrected chi connectivity index (χ0v) is 24.4. The molecule has 4 aliphatic rings. The van der Waals surface area contributed by atoms with Crippen molar-refractivity contribution >= 4 is 8.56 Å². The summed E-state index contributed by atoms with van der Waals surface area (Å²) in [5, 5.41) is 0. The molecule has 0 amide bonds. The molecule has 4 fully saturated rings. The molecule has 4 aliphatic carbocycles. The van der Waals surface area contributed by atoms with Crippen LogP contribution in [0.2, 0.25) is 11.1 Å². The third kappa shape index (κ3) is 9.13. The van der Waals surface area contributed by atoms with Crippen LogP contribution >= 0.6 is 0 Å². The van der Waals surface area contributed by atoms with Gasteiger partial charge >= 0.3 is 8.56 Å². The zero-order valence-electron chi connectivity index (χ0n) is 23.4. The summed E-state index contributed by atoms with van der Waals surface area (Å²) in [5.74, 6) is 0. The molecule has 0 aromatic carbocycles. The van der Waals surface area contributed by atoms with E-state index in [9.17, 15) is 0 Å². The molecule has 0 N–H and O–H groups in total. The Labute approximate surface area is 220 Å². The predicted octanol–water partition coefficient (Wildman–Crippen LogP) is 10.9. The van der Waals surface area contributed by atoms with E-state index in [2.05, 4.69) is 0 Å². The van der Waals surface area contributed by atoms with Gasteiger partial charge in [-0.2, -0.15) is 0 Å². The molecule has 0 unspecified atom stereocenters. The molecule has 0 atom stereocenters. The van der Waals surface area contributed by atoms with E-state index in [1.54, 1.807) is 0 Å². The van der Waals surface area contributed by atoms with Gasteiger partial charge in [0, 0.05) is 23.3 Å². The van der Waals surface area contributed by atoms with Gasteiger partial charge in [0.25, 0.3) is 0 Å². The van der Waals surface area contributed by atoms with Crippen LogP contribution in [0.4, 0.5) is 0 Å². The first-order valence-corrected chi connectivity index (χ1v) is 18.7. The van der Waals surface area contributed by atoms with E-state index in [1.165, 1.54) is 180 Å². The Balaban J connectivity index is 1.64. The van der Waals surface area contributed by atoms with Gasteiger partial charge in [-0.05, 0) is 51.4 Å². The van der Waals surface area contributed by atoms with Gasteiger partial charge in [-0.3, -0.25) is 0 Å². The van der Waals surface area contributed by atoms with Crippen molar-refractivity contribution in [3.63, 3.8) is 0 Å². The van der Waals surface area contributed by atoms with Crippen LogP contribution in [0.5, 0.6) is 0 Å². The number of hydrogen-bond acceptors (Lipinski definition) is 2. The van der Waals surface area contributed by atoms with E-state index >= 15 is 0 Å². The van der Waals surface area contributed by atoms with Crippen LogP contribution in [0.15, 0.2) is 0 Å². The van der Waals surface area contributed by atoms with Crippen molar-refractivity contribution in [1.29, 1.82) is 0 Å². The minimum Gasteiger partial charge on any atom is -0.391 e. The first kappa shape index (κ1) is 28.2. The van der Waals surface area contributed by atoms with Gasteiger partial charge < -0.3 is 8.85 Å². The van der Waals surface area contributed by atoms with Gasteiger partial charge in [0.05, 0.1) is 0 Å². The lowest BCUT2D eigenvalue weighted by atomic mass is 9.99. The van der Waals surface area contributed by atoms with Crippen molar-refractivity contribution in [1.82, 2.24) is 0 Å². The van der Waals surface area contributed by atoms with Crippen molar-refractivity contribution < 1.29 is 8.85 Å². The van der Waals surface area contributed by atoms with Gasteiger partial charge in [-0.25, -0.2) is 0 Å². The van der Waals surface area contributed by atoms with Crippen LogP contribution in [-0.4, -0.2) is 20.8 Å². The molecule has 204 valence electrons. The van der Waals surface area contributed by atoms with Crippen molar-refractivity contribution in [2.24, 2.45) is 0 Å². The largest absolute Gasteiger partial charge is 0.391 e. The fourth-order valence-electron chi connectivity index (χ4n) is 8.06. The quantitative estimate of drug-likeness (QED) is 0.335. The SMILES string of the molecule is C1CCCC(O[Si](OC2CCCCCCC2)(C2CCCCCCC2)C2CCCCCCC2)CCC1. The van der Waals surface area contributed by atoms with Crippen LogP contribution in [-0.2, 0) is 8.85 Å². The maximum Gasteiger partial charge on any atom is 0.345 e. The average molecular weight is 505 g/mol. The first-order chi connectivity index (χ1) is 17.4. The summed E-state index contributed by atoms with van der Waals surface area (Å²) >= 11 is 0. The average Bonchev–Trinajstić information content (AvgIpc) is 2.76. The van der Waals surface area contributed by atoms with Crippen molar-refractivity contribution in [3.05, 3.63) is 0 Å². The second-order valence-electron chi connectivity index (χ2n) is 13.0. The first-order valence-electron chi connectivity index (χ1n) is 16.7. The zero-order chi connectivity index (χ0) is 24.0. The van der Waals surface area contributed by atoms with E-state index in [4.69, 9.17) is 8.85 Å². The normalized spacial score (nSPS) is 27.4. The van der Waals surface area contributed by atoms with Gasteiger partial charge in [-0.15, -0.1) is 0 Å². The van der Waals surface area contributed by atoms with Crippen LogP contribution in [0, 0.1) is 0 Å². The minimum atomic E-state index is -2.36. The highest BCUT2D eigenvalue weighted by atomic mass is 28.4. The Morgan fingerprint density at radius 2 is 0.514 bits per heavy atom. The van der Waals surface area contributed by atoms with Crippen LogP contribution in [0.3, 0.4) is 0 Å². The topological polar surface area (TPSA) is 18.5 Å². The molecule has 4 rings (SSSR count). The maximum atomic E-state index is 7.78. The summed E-state index contributed by atoms with van der Waals surface area (Å²) in [6.45, 7) is 0. The van der Waals surface area contributed by atoms with Gasteiger partial charge in [0.1, 0.15) is 0 Å². The summed E-state index contributed by atoms with van der Waals surface area (Å²) in [4.78, 5) is 0. The predicted molar refractivity (Wildman–Crippen MR) is 152 cm³/mol. The molecule has 2 nitrogen and oxygen atoms in total. The number of rotatable bonds is 6. The van der Waals surface area contributed by atoms with Crippen molar-refractivity contribution in [2.75, 3.05) is 0 Å². The molecule has 0 radical (unpaired) electrons. The molecule has 0 spiro atoms.